The quantitative estimate of drug-likeness (QED) is 0.569. The number of carbonyl (C=O) groups excluding carboxylic acids is 1. The summed E-state index contributed by atoms with van der Waals surface area (Å²) in [4.78, 5) is 12.4. The average molecular weight is 191 g/mol. The number of amides is 1. The van der Waals surface area contributed by atoms with Crippen LogP contribution in [0.25, 0.3) is 0 Å². The second kappa shape index (κ2) is 3.05. The van der Waals surface area contributed by atoms with Crippen LogP contribution in [0.5, 0.6) is 0 Å². The minimum Gasteiger partial charge on any atom is -0.342 e. The molecule has 5 heteroatoms. The molecule has 0 N–H and O–H groups in total. The fourth-order valence-corrected chi connectivity index (χ4v) is 3.11. The molecule has 1 fully saturated rings. The summed E-state index contributed by atoms with van der Waals surface area (Å²) in [5.41, 5.74) is 0. The van der Waals surface area contributed by atoms with Crippen molar-refractivity contribution in [2.75, 3.05) is 18.6 Å². The molecule has 1 atom stereocenters. The van der Waals surface area contributed by atoms with E-state index in [4.69, 9.17) is 0 Å². The highest BCUT2D eigenvalue weighted by Gasteiger charge is 2.31. The van der Waals surface area contributed by atoms with Crippen LogP contribution >= 0.6 is 0 Å². The van der Waals surface area contributed by atoms with Gasteiger partial charge in [0.05, 0.1) is 11.5 Å². The minimum absolute atomic E-state index is 0.0721. The van der Waals surface area contributed by atoms with E-state index >= 15 is 0 Å². The molecular weight excluding hydrogens is 178 g/mol. The zero-order valence-corrected chi connectivity index (χ0v) is 8.10. The maximum atomic E-state index is 11.0. The minimum atomic E-state index is -2.87. The lowest BCUT2D eigenvalue weighted by Gasteiger charge is -2.21. The summed E-state index contributed by atoms with van der Waals surface area (Å²) in [6.45, 7) is 1.45. The summed E-state index contributed by atoms with van der Waals surface area (Å²) < 4.78 is 22.1. The number of sulfone groups is 1. The molecule has 0 aromatic heterocycles. The molecule has 4 nitrogen and oxygen atoms in total. The Bertz CT molecular complexity index is 283. The highest BCUT2D eigenvalue weighted by atomic mass is 32.2. The van der Waals surface area contributed by atoms with Crippen LogP contribution in [0.3, 0.4) is 0 Å². The van der Waals surface area contributed by atoms with Gasteiger partial charge in [-0.1, -0.05) is 0 Å². The van der Waals surface area contributed by atoms with Crippen molar-refractivity contribution < 1.29 is 13.2 Å². The molecule has 0 aromatic carbocycles. The van der Waals surface area contributed by atoms with Crippen LogP contribution in [0.2, 0.25) is 0 Å². The molecule has 0 aliphatic carbocycles. The van der Waals surface area contributed by atoms with Gasteiger partial charge >= 0.3 is 0 Å². The molecule has 70 valence electrons. The first-order chi connectivity index (χ1) is 5.42. The highest BCUT2D eigenvalue weighted by Crippen LogP contribution is 2.16. The summed E-state index contributed by atoms with van der Waals surface area (Å²) in [6, 6.07) is -0.104. The Morgan fingerprint density at radius 1 is 1.50 bits per heavy atom. The third-order valence-corrected chi connectivity index (χ3v) is 4.00. The van der Waals surface area contributed by atoms with E-state index in [1.807, 2.05) is 0 Å². The molecule has 0 radical (unpaired) electrons. The van der Waals surface area contributed by atoms with Crippen molar-refractivity contribution in [2.45, 2.75) is 19.4 Å². The van der Waals surface area contributed by atoms with Gasteiger partial charge in [-0.3, -0.25) is 4.79 Å². The zero-order chi connectivity index (χ0) is 9.35. The van der Waals surface area contributed by atoms with E-state index in [1.54, 1.807) is 7.05 Å². The van der Waals surface area contributed by atoms with E-state index < -0.39 is 9.84 Å². The largest absolute Gasteiger partial charge is 0.342 e. The monoisotopic (exact) mass is 191 g/mol. The predicted molar refractivity (Wildman–Crippen MR) is 45.5 cm³/mol. The van der Waals surface area contributed by atoms with E-state index in [-0.39, 0.29) is 23.5 Å². The first-order valence-electron chi connectivity index (χ1n) is 3.86. The molecule has 1 amide bonds. The second-order valence-corrected chi connectivity index (χ2v) is 5.42. The van der Waals surface area contributed by atoms with Crippen molar-refractivity contribution in [3.05, 3.63) is 0 Å². The van der Waals surface area contributed by atoms with Gasteiger partial charge in [-0.15, -0.1) is 0 Å². The Balaban J connectivity index is 2.64. The van der Waals surface area contributed by atoms with E-state index in [1.165, 1.54) is 11.8 Å². The molecule has 1 aliphatic heterocycles. The number of rotatable bonds is 1. The molecule has 0 spiro atoms. The van der Waals surface area contributed by atoms with Crippen LogP contribution in [0.1, 0.15) is 13.3 Å². The summed E-state index contributed by atoms with van der Waals surface area (Å²) in [7, 11) is -1.22. The molecule has 1 heterocycles. The number of hydrogen-bond acceptors (Lipinski definition) is 3. The molecule has 0 bridgehead atoms. The third-order valence-electron chi connectivity index (χ3n) is 2.25. The van der Waals surface area contributed by atoms with Gasteiger partial charge in [0.25, 0.3) is 0 Å². The van der Waals surface area contributed by atoms with Crippen LogP contribution in [-0.2, 0) is 14.6 Å². The molecule has 1 rings (SSSR count). The first-order valence-corrected chi connectivity index (χ1v) is 5.68. The van der Waals surface area contributed by atoms with Crippen LogP contribution in [0.4, 0.5) is 0 Å². The fourth-order valence-electron chi connectivity index (χ4n) is 1.34. The standard InChI is InChI=1S/C7H13NO3S/c1-6(9)8(2)7-3-4-12(10,11)5-7/h7H,3-5H2,1-2H3. The highest BCUT2D eigenvalue weighted by molar-refractivity contribution is 7.91. The van der Waals surface area contributed by atoms with Gasteiger partial charge in [0.15, 0.2) is 9.84 Å². The van der Waals surface area contributed by atoms with Crippen molar-refractivity contribution in [3.63, 3.8) is 0 Å². The van der Waals surface area contributed by atoms with E-state index in [0.29, 0.717) is 6.42 Å². The van der Waals surface area contributed by atoms with Crippen molar-refractivity contribution in [1.82, 2.24) is 4.90 Å². The number of nitrogens with zero attached hydrogens (tertiary/aromatic N) is 1. The molecule has 1 unspecified atom stereocenters. The Hall–Kier alpha value is -0.580. The van der Waals surface area contributed by atoms with Crippen molar-refractivity contribution in [1.29, 1.82) is 0 Å². The summed E-state index contributed by atoms with van der Waals surface area (Å²) in [6.07, 6.45) is 0.582. The molecule has 12 heavy (non-hydrogen) atoms. The normalized spacial score (nSPS) is 27.0. The first kappa shape index (κ1) is 9.51. The number of hydrogen-bond donors (Lipinski definition) is 0. The summed E-state index contributed by atoms with van der Waals surface area (Å²) in [5, 5.41) is 0. The maximum Gasteiger partial charge on any atom is 0.219 e. The number of carbonyl (C=O) groups is 1. The Kier molecular flexibility index (Phi) is 2.41. The second-order valence-electron chi connectivity index (χ2n) is 3.19. The lowest BCUT2D eigenvalue weighted by Crippen LogP contribution is -2.36. The Morgan fingerprint density at radius 2 is 2.08 bits per heavy atom. The maximum absolute atomic E-state index is 11.0. The van der Waals surface area contributed by atoms with E-state index in [0.717, 1.165) is 0 Å². The summed E-state index contributed by atoms with van der Waals surface area (Å²) >= 11 is 0. The average Bonchev–Trinajstić information content (AvgIpc) is 2.28. The molecule has 0 aromatic rings. The topological polar surface area (TPSA) is 54.5 Å². The lowest BCUT2D eigenvalue weighted by molar-refractivity contribution is -0.129. The van der Waals surface area contributed by atoms with Crippen molar-refractivity contribution in [3.8, 4) is 0 Å². The van der Waals surface area contributed by atoms with Crippen LogP contribution in [0, 0.1) is 0 Å². The zero-order valence-electron chi connectivity index (χ0n) is 7.28. The predicted octanol–water partition coefficient (Wildman–Crippen LogP) is -0.348. The van der Waals surface area contributed by atoms with Gasteiger partial charge in [0, 0.05) is 20.0 Å². The van der Waals surface area contributed by atoms with Gasteiger partial charge in [-0.2, -0.15) is 0 Å². The molecule has 1 saturated heterocycles. The lowest BCUT2D eigenvalue weighted by atomic mass is 10.2. The fraction of sp³-hybridized carbons (Fsp3) is 0.857. The van der Waals surface area contributed by atoms with Crippen LogP contribution < -0.4 is 0 Å². The van der Waals surface area contributed by atoms with Crippen LogP contribution in [-0.4, -0.2) is 43.8 Å². The smallest absolute Gasteiger partial charge is 0.219 e. The van der Waals surface area contributed by atoms with E-state index in [9.17, 15) is 13.2 Å². The summed E-state index contributed by atoms with van der Waals surface area (Å²) in [5.74, 6) is 0.273. The SMILES string of the molecule is CC(=O)N(C)C1CCS(=O)(=O)C1. The molecule has 1 aliphatic rings. The van der Waals surface area contributed by atoms with Crippen molar-refractivity contribution in [2.24, 2.45) is 0 Å². The Morgan fingerprint density at radius 3 is 2.42 bits per heavy atom. The Labute approximate surface area is 72.5 Å². The van der Waals surface area contributed by atoms with E-state index in [2.05, 4.69) is 0 Å². The van der Waals surface area contributed by atoms with Gasteiger partial charge in [-0.25, -0.2) is 8.42 Å². The van der Waals surface area contributed by atoms with Gasteiger partial charge in [0.2, 0.25) is 5.91 Å². The van der Waals surface area contributed by atoms with Crippen LogP contribution in [0.15, 0.2) is 0 Å². The molecular formula is C7H13NO3S. The molecule has 0 saturated carbocycles. The van der Waals surface area contributed by atoms with Crippen molar-refractivity contribution >= 4 is 15.7 Å². The van der Waals surface area contributed by atoms with Gasteiger partial charge < -0.3 is 4.90 Å². The van der Waals surface area contributed by atoms with Gasteiger partial charge in [-0.05, 0) is 6.42 Å². The third kappa shape index (κ3) is 1.97. The van der Waals surface area contributed by atoms with Gasteiger partial charge in [0.1, 0.15) is 0 Å².